The molecule has 35 heavy (non-hydrogen) atoms. The molecule has 2 aliphatic rings. The van der Waals surface area contributed by atoms with E-state index >= 15 is 0 Å². The number of nitrogens with zero attached hydrogens (tertiary/aromatic N) is 5. The van der Waals surface area contributed by atoms with E-state index in [1.54, 1.807) is 12.1 Å². The van der Waals surface area contributed by atoms with Crippen LogP contribution in [0.1, 0.15) is 29.5 Å². The Kier molecular flexibility index (Phi) is 6.01. The van der Waals surface area contributed by atoms with E-state index in [1.807, 2.05) is 12.1 Å². The molecule has 2 saturated heterocycles. The van der Waals surface area contributed by atoms with Gasteiger partial charge in [0.2, 0.25) is 10.0 Å². The van der Waals surface area contributed by atoms with E-state index in [9.17, 15) is 21.6 Å². The van der Waals surface area contributed by atoms with Crippen molar-refractivity contribution < 1.29 is 21.6 Å². The standard InChI is InChI=1S/C23H27F3N6O2S/c24-23(25,26)10-19-9-20-21(28-16-29-32(20)12-19)31-8-6-22(15-31)5-7-30(14-22)11-17-1-3-18(4-2-17)13-35(27,33)34/h1-4,9,12,16H,5-8,10-11,13-15H2,(H2,27,33,34). The van der Waals surface area contributed by atoms with Gasteiger partial charge in [0.05, 0.1) is 12.2 Å². The average molecular weight is 509 g/mol. The van der Waals surface area contributed by atoms with E-state index in [1.165, 1.54) is 23.1 Å². The van der Waals surface area contributed by atoms with Gasteiger partial charge in [0.1, 0.15) is 11.8 Å². The highest BCUT2D eigenvalue weighted by Gasteiger charge is 2.44. The van der Waals surface area contributed by atoms with Gasteiger partial charge in [-0.3, -0.25) is 4.90 Å². The SMILES string of the molecule is NS(=O)(=O)Cc1ccc(CN2CCC3(CCN(c4ncnn5cc(CC(F)(F)F)cc45)C3)C2)cc1. The molecule has 188 valence electrons. The summed E-state index contributed by atoms with van der Waals surface area (Å²) in [5, 5.41) is 9.22. The van der Waals surface area contributed by atoms with E-state index in [4.69, 9.17) is 5.14 Å². The van der Waals surface area contributed by atoms with Gasteiger partial charge in [0.15, 0.2) is 5.82 Å². The third-order valence-electron chi connectivity index (χ3n) is 6.90. The molecule has 1 unspecified atom stereocenters. The summed E-state index contributed by atoms with van der Waals surface area (Å²) in [6.45, 7) is 4.23. The molecule has 8 nitrogen and oxygen atoms in total. The summed E-state index contributed by atoms with van der Waals surface area (Å²) >= 11 is 0. The van der Waals surface area contributed by atoms with Gasteiger partial charge in [-0.25, -0.2) is 23.1 Å². The van der Waals surface area contributed by atoms with E-state index in [2.05, 4.69) is 19.9 Å². The topological polar surface area (TPSA) is 96.8 Å². The van der Waals surface area contributed by atoms with Crippen molar-refractivity contribution in [2.45, 2.75) is 37.7 Å². The van der Waals surface area contributed by atoms with Gasteiger partial charge in [-0.15, -0.1) is 0 Å². The predicted octanol–water partition coefficient (Wildman–Crippen LogP) is 2.73. The van der Waals surface area contributed by atoms with Crippen molar-refractivity contribution in [3.8, 4) is 0 Å². The fourth-order valence-corrected chi connectivity index (χ4v) is 6.04. The van der Waals surface area contributed by atoms with Crippen molar-refractivity contribution in [2.75, 3.05) is 31.1 Å². The zero-order chi connectivity index (χ0) is 24.8. The summed E-state index contributed by atoms with van der Waals surface area (Å²) in [6.07, 6.45) is -0.419. The normalized spacial score (nSPS) is 21.5. The van der Waals surface area contributed by atoms with Gasteiger partial charge < -0.3 is 4.90 Å². The number of aromatic nitrogens is 3. The van der Waals surface area contributed by atoms with Crippen LogP contribution in [0.4, 0.5) is 19.0 Å². The third kappa shape index (κ3) is 5.60. The maximum atomic E-state index is 12.9. The lowest BCUT2D eigenvalue weighted by Gasteiger charge is -2.25. The van der Waals surface area contributed by atoms with Crippen LogP contribution in [0.3, 0.4) is 0 Å². The van der Waals surface area contributed by atoms with Crippen LogP contribution in [0.5, 0.6) is 0 Å². The van der Waals surface area contributed by atoms with E-state index in [-0.39, 0.29) is 16.7 Å². The number of likely N-dealkylation sites (tertiary alicyclic amines) is 1. The lowest BCUT2D eigenvalue weighted by atomic mass is 9.86. The average Bonchev–Trinajstić information content (AvgIpc) is 3.45. The number of primary sulfonamides is 1. The molecule has 1 aromatic carbocycles. The van der Waals surface area contributed by atoms with Gasteiger partial charge in [-0.05, 0) is 42.1 Å². The fraction of sp³-hybridized carbons (Fsp3) is 0.478. The molecule has 2 fully saturated rings. The first-order chi connectivity index (χ1) is 16.5. The summed E-state index contributed by atoms with van der Waals surface area (Å²) in [6, 6.07) is 9.01. The zero-order valence-corrected chi connectivity index (χ0v) is 19.9. The molecule has 2 aliphatic heterocycles. The van der Waals surface area contributed by atoms with Crippen LogP contribution in [0.2, 0.25) is 0 Å². The van der Waals surface area contributed by atoms with Gasteiger partial charge in [0, 0.05) is 37.8 Å². The molecule has 4 heterocycles. The Morgan fingerprint density at radius 3 is 2.46 bits per heavy atom. The number of benzene rings is 1. The Hall–Kier alpha value is -2.70. The molecule has 0 bridgehead atoms. The minimum absolute atomic E-state index is 0.108. The number of fused-ring (bicyclic) bond motifs is 1. The Balaban J connectivity index is 1.25. The van der Waals surface area contributed by atoms with Crippen LogP contribution in [-0.2, 0) is 28.7 Å². The molecule has 0 saturated carbocycles. The predicted molar refractivity (Wildman–Crippen MR) is 125 cm³/mol. The largest absolute Gasteiger partial charge is 0.393 e. The van der Waals surface area contributed by atoms with Gasteiger partial charge in [0.25, 0.3) is 0 Å². The lowest BCUT2D eigenvalue weighted by Crippen LogP contribution is -2.31. The number of nitrogens with two attached hydrogens (primary N) is 1. The smallest absolute Gasteiger partial charge is 0.354 e. The van der Waals surface area contributed by atoms with Gasteiger partial charge in [-0.1, -0.05) is 24.3 Å². The van der Waals surface area contributed by atoms with Crippen molar-refractivity contribution >= 4 is 21.4 Å². The minimum Gasteiger partial charge on any atom is -0.354 e. The van der Waals surface area contributed by atoms with E-state index < -0.39 is 22.6 Å². The van der Waals surface area contributed by atoms with Crippen LogP contribution in [0.15, 0.2) is 42.9 Å². The summed E-state index contributed by atoms with van der Waals surface area (Å²) in [4.78, 5) is 8.98. The number of hydrogen-bond acceptors (Lipinski definition) is 6. The van der Waals surface area contributed by atoms with Gasteiger partial charge in [-0.2, -0.15) is 18.3 Å². The summed E-state index contributed by atoms with van der Waals surface area (Å²) in [5.74, 6) is 0.500. The molecule has 12 heteroatoms. The molecule has 5 rings (SSSR count). The molecule has 0 amide bonds. The van der Waals surface area contributed by atoms with Crippen LogP contribution < -0.4 is 10.0 Å². The number of halogens is 3. The number of alkyl halides is 3. The molecule has 1 spiro atoms. The molecule has 0 aliphatic carbocycles. The van der Waals surface area contributed by atoms with E-state index in [0.29, 0.717) is 16.9 Å². The Bertz CT molecular complexity index is 1330. The Morgan fingerprint density at radius 1 is 1.03 bits per heavy atom. The highest BCUT2D eigenvalue weighted by atomic mass is 32.2. The Labute approximate surface area is 201 Å². The first-order valence-electron chi connectivity index (χ1n) is 11.4. The number of sulfonamides is 1. The van der Waals surface area contributed by atoms with Crippen molar-refractivity contribution in [1.29, 1.82) is 0 Å². The first-order valence-corrected chi connectivity index (χ1v) is 13.1. The molecule has 3 aromatic rings. The quantitative estimate of drug-likeness (QED) is 0.550. The fourth-order valence-electron chi connectivity index (χ4n) is 5.39. The second kappa shape index (κ2) is 8.75. The molecule has 0 radical (unpaired) electrons. The highest BCUT2D eigenvalue weighted by Crippen LogP contribution is 2.42. The summed E-state index contributed by atoms with van der Waals surface area (Å²) in [7, 11) is -3.55. The zero-order valence-electron chi connectivity index (χ0n) is 19.1. The molecule has 1 atom stereocenters. The second-order valence-corrected chi connectivity index (χ2v) is 11.4. The highest BCUT2D eigenvalue weighted by molar-refractivity contribution is 7.88. The number of rotatable bonds is 6. The van der Waals surface area contributed by atoms with Crippen LogP contribution in [0, 0.1) is 5.41 Å². The van der Waals surface area contributed by atoms with Gasteiger partial charge >= 0.3 is 6.18 Å². The molecular weight excluding hydrogens is 481 g/mol. The van der Waals surface area contributed by atoms with Crippen molar-refractivity contribution in [3.63, 3.8) is 0 Å². The summed E-state index contributed by atoms with van der Waals surface area (Å²) in [5.41, 5.74) is 2.66. The van der Waals surface area contributed by atoms with Crippen LogP contribution in [-0.4, -0.2) is 60.3 Å². The van der Waals surface area contributed by atoms with Crippen LogP contribution in [0.25, 0.3) is 5.52 Å². The van der Waals surface area contributed by atoms with E-state index in [0.717, 1.165) is 51.1 Å². The van der Waals surface area contributed by atoms with Crippen molar-refractivity contribution in [1.82, 2.24) is 19.5 Å². The molecule has 2 N–H and O–H groups in total. The summed E-state index contributed by atoms with van der Waals surface area (Å²) < 4.78 is 62.6. The monoisotopic (exact) mass is 508 g/mol. The maximum absolute atomic E-state index is 12.9. The minimum atomic E-state index is -4.27. The van der Waals surface area contributed by atoms with Crippen molar-refractivity contribution in [3.05, 3.63) is 59.5 Å². The first kappa shape index (κ1) is 24.0. The van der Waals surface area contributed by atoms with Crippen molar-refractivity contribution in [2.24, 2.45) is 10.6 Å². The molecular formula is C23H27F3N6O2S. The Morgan fingerprint density at radius 2 is 1.74 bits per heavy atom. The lowest BCUT2D eigenvalue weighted by molar-refractivity contribution is -0.127. The second-order valence-electron chi connectivity index (χ2n) is 9.81. The number of hydrogen-bond donors (Lipinski definition) is 1. The third-order valence-corrected chi connectivity index (χ3v) is 7.63. The molecule has 2 aromatic heterocycles. The number of anilines is 1. The maximum Gasteiger partial charge on any atom is 0.393 e. The van der Waals surface area contributed by atoms with Crippen LogP contribution >= 0.6 is 0 Å².